The third-order valence-corrected chi connectivity index (χ3v) is 6.18. The number of benzene rings is 2. The molecule has 1 unspecified atom stereocenters. The minimum atomic E-state index is -0.179. The van der Waals surface area contributed by atoms with Gasteiger partial charge in [0.05, 0.1) is 9.88 Å². The molecular weight excluding hydrogens is 372 g/mol. The normalized spacial score (nSPS) is 15.6. The molecule has 5 nitrogen and oxygen atoms in total. The number of carbonyl (C=O) groups excluding carboxylic acids is 2. The lowest BCUT2D eigenvalue weighted by Crippen LogP contribution is -2.22. The maximum Gasteiger partial charge on any atom is 0.266 e. The van der Waals surface area contributed by atoms with Gasteiger partial charge in [-0.05, 0) is 60.4 Å². The Kier molecular flexibility index (Phi) is 4.65. The van der Waals surface area contributed by atoms with Crippen molar-refractivity contribution in [3.8, 4) is 5.75 Å². The summed E-state index contributed by atoms with van der Waals surface area (Å²) >= 11 is 1.31. The Labute approximate surface area is 167 Å². The van der Waals surface area contributed by atoms with E-state index < -0.39 is 0 Å². The van der Waals surface area contributed by atoms with Crippen LogP contribution in [-0.2, 0) is 4.79 Å². The maximum atomic E-state index is 12.9. The minimum absolute atomic E-state index is 0.0718. The SMILES string of the molecule is Cc1cccc(NC(=O)c2sc3c(c2C)C(c2ccc(O)cc2)CC(=O)N3)c1. The predicted molar refractivity (Wildman–Crippen MR) is 111 cm³/mol. The van der Waals surface area contributed by atoms with Crippen LogP contribution < -0.4 is 10.6 Å². The second-order valence-electron chi connectivity index (χ2n) is 7.02. The minimum Gasteiger partial charge on any atom is -0.508 e. The molecule has 1 atom stereocenters. The summed E-state index contributed by atoms with van der Waals surface area (Å²) in [5.41, 5.74) is 4.61. The summed E-state index contributed by atoms with van der Waals surface area (Å²) in [6.07, 6.45) is 0.314. The summed E-state index contributed by atoms with van der Waals surface area (Å²) in [6.45, 7) is 3.90. The molecule has 0 saturated heterocycles. The summed E-state index contributed by atoms with van der Waals surface area (Å²) in [6, 6.07) is 14.5. The van der Waals surface area contributed by atoms with Crippen LogP contribution in [0.15, 0.2) is 48.5 Å². The molecule has 1 aliphatic rings. The van der Waals surface area contributed by atoms with Gasteiger partial charge in [-0.25, -0.2) is 0 Å². The summed E-state index contributed by atoms with van der Waals surface area (Å²) in [4.78, 5) is 25.7. The molecule has 1 aromatic heterocycles. The van der Waals surface area contributed by atoms with Gasteiger partial charge in [-0.3, -0.25) is 9.59 Å². The van der Waals surface area contributed by atoms with E-state index in [1.165, 1.54) is 11.3 Å². The highest BCUT2D eigenvalue weighted by Crippen LogP contribution is 2.45. The van der Waals surface area contributed by atoms with Gasteiger partial charge in [0.25, 0.3) is 5.91 Å². The average molecular weight is 392 g/mol. The molecule has 0 fully saturated rings. The Bertz CT molecular complexity index is 1070. The fourth-order valence-corrected chi connectivity index (χ4v) is 4.80. The summed E-state index contributed by atoms with van der Waals surface area (Å²) in [5, 5.41) is 16.1. The van der Waals surface area contributed by atoms with Crippen molar-refractivity contribution in [2.45, 2.75) is 26.2 Å². The molecule has 2 amide bonds. The molecule has 1 aliphatic heterocycles. The van der Waals surface area contributed by atoms with Crippen LogP contribution in [0.3, 0.4) is 0 Å². The van der Waals surface area contributed by atoms with Crippen molar-refractivity contribution >= 4 is 33.8 Å². The van der Waals surface area contributed by atoms with Gasteiger partial charge in [0.1, 0.15) is 5.75 Å². The summed E-state index contributed by atoms with van der Waals surface area (Å²) < 4.78 is 0. The van der Waals surface area contributed by atoms with Gasteiger partial charge < -0.3 is 15.7 Å². The monoisotopic (exact) mass is 392 g/mol. The zero-order valence-corrected chi connectivity index (χ0v) is 16.4. The highest BCUT2D eigenvalue weighted by Gasteiger charge is 2.32. The van der Waals surface area contributed by atoms with Crippen LogP contribution in [0.2, 0.25) is 0 Å². The topological polar surface area (TPSA) is 78.4 Å². The highest BCUT2D eigenvalue weighted by atomic mass is 32.1. The quantitative estimate of drug-likeness (QED) is 0.599. The van der Waals surface area contributed by atoms with Gasteiger partial charge in [0.2, 0.25) is 5.91 Å². The number of nitrogens with one attached hydrogen (secondary N) is 2. The van der Waals surface area contributed by atoms with Gasteiger partial charge in [0, 0.05) is 18.0 Å². The number of phenols is 1. The fourth-order valence-electron chi connectivity index (χ4n) is 3.62. The number of fused-ring (bicyclic) bond motifs is 1. The molecule has 0 aliphatic carbocycles. The second kappa shape index (κ2) is 7.13. The number of hydrogen-bond donors (Lipinski definition) is 3. The lowest BCUT2D eigenvalue weighted by molar-refractivity contribution is -0.116. The Morgan fingerprint density at radius 1 is 1.18 bits per heavy atom. The number of carbonyl (C=O) groups is 2. The van der Waals surface area contributed by atoms with E-state index in [0.29, 0.717) is 11.3 Å². The van der Waals surface area contributed by atoms with E-state index >= 15 is 0 Å². The van der Waals surface area contributed by atoms with Gasteiger partial charge in [0.15, 0.2) is 0 Å². The zero-order valence-electron chi connectivity index (χ0n) is 15.6. The standard InChI is InChI=1S/C22H20N2O3S/c1-12-4-3-5-15(10-12)23-21(27)20-13(2)19-17(11-18(26)24-22(19)28-20)14-6-8-16(25)9-7-14/h3-10,17,25H,11H2,1-2H3,(H,23,27)(H,24,26). The lowest BCUT2D eigenvalue weighted by atomic mass is 9.85. The van der Waals surface area contributed by atoms with Gasteiger partial charge in [-0.2, -0.15) is 0 Å². The van der Waals surface area contributed by atoms with E-state index in [1.807, 2.05) is 50.2 Å². The van der Waals surface area contributed by atoms with E-state index in [2.05, 4.69) is 10.6 Å². The molecule has 0 radical (unpaired) electrons. The number of rotatable bonds is 3. The van der Waals surface area contributed by atoms with Crippen molar-refractivity contribution in [3.63, 3.8) is 0 Å². The lowest BCUT2D eigenvalue weighted by Gasteiger charge is -2.24. The molecule has 0 bridgehead atoms. The van der Waals surface area contributed by atoms with Crippen molar-refractivity contribution in [2.75, 3.05) is 10.6 Å². The molecule has 2 heterocycles. The smallest absolute Gasteiger partial charge is 0.266 e. The molecule has 3 aromatic rings. The Morgan fingerprint density at radius 3 is 2.64 bits per heavy atom. The van der Waals surface area contributed by atoms with Crippen LogP contribution in [0.25, 0.3) is 0 Å². The van der Waals surface area contributed by atoms with Gasteiger partial charge >= 0.3 is 0 Å². The van der Waals surface area contributed by atoms with Crippen molar-refractivity contribution in [2.24, 2.45) is 0 Å². The molecule has 28 heavy (non-hydrogen) atoms. The summed E-state index contributed by atoms with van der Waals surface area (Å²) in [7, 11) is 0. The van der Waals surface area contributed by atoms with Crippen molar-refractivity contribution in [1.29, 1.82) is 0 Å². The molecule has 4 rings (SSSR count). The number of anilines is 2. The van der Waals surface area contributed by atoms with Crippen LogP contribution >= 0.6 is 11.3 Å². The van der Waals surface area contributed by atoms with Gasteiger partial charge in [-0.15, -0.1) is 11.3 Å². The number of hydrogen-bond acceptors (Lipinski definition) is 4. The number of thiophene rings is 1. The van der Waals surface area contributed by atoms with Crippen LogP contribution in [-0.4, -0.2) is 16.9 Å². The van der Waals surface area contributed by atoms with E-state index in [1.54, 1.807) is 12.1 Å². The van der Waals surface area contributed by atoms with E-state index in [0.717, 1.165) is 32.9 Å². The molecule has 0 spiro atoms. The molecule has 3 N–H and O–H groups in total. The van der Waals surface area contributed by atoms with Crippen molar-refractivity contribution in [1.82, 2.24) is 0 Å². The first-order valence-electron chi connectivity index (χ1n) is 9.02. The molecule has 2 aromatic carbocycles. The van der Waals surface area contributed by atoms with Crippen molar-refractivity contribution < 1.29 is 14.7 Å². The largest absolute Gasteiger partial charge is 0.508 e. The van der Waals surface area contributed by atoms with E-state index in [4.69, 9.17) is 0 Å². The number of aryl methyl sites for hydroxylation is 1. The first kappa shape index (κ1) is 18.3. The van der Waals surface area contributed by atoms with E-state index in [-0.39, 0.29) is 23.5 Å². The van der Waals surface area contributed by atoms with Crippen LogP contribution in [0.4, 0.5) is 10.7 Å². The van der Waals surface area contributed by atoms with E-state index in [9.17, 15) is 14.7 Å². The van der Waals surface area contributed by atoms with Crippen LogP contribution in [0, 0.1) is 13.8 Å². The average Bonchev–Trinajstić information content (AvgIpc) is 2.98. The zero-order chi connectivity index (χ0) is 19.8. The Balaban J connectivity index is 1.70. The molecule has 142 valence electrons. The Morgan fingerprint density at radius 2 is 1.93 bits per heavy atom. The first-order chi connectivity index (χ1) is 13.4. The summed E-state index contributed by atoms with van der Waals surface area (Å²) in [5.74, 6) is -0.204. The van der Waals surface area contributed by atoms with Crippen LogP contribution in [0.5, 0.6) is 5.75 Å². The van der Waals surface area contributed by atoms with Crippen molar-refractivity contribution in [3.05, 3.63) is 75.7 Å². The Hall–Kier alpha value is -3.12. The number of amides is 2. The fraction of sp³-hybridized carbons (Fsp3) is 0.182. The highest BCUT2D eigenvalue weighted by molar-refractivity contribution is 7.18. The third kappa shape index (κ3) is 3.39. The maximum absolute atomic E-state index is 12.9. The van der Waals surface area contributed by atoms with Crippen LogP contribution in [0.1, 0.15) is 44.3 Å². The van der Waals surface area contributed by atoms with Gasteiger partial charge in [-0.1, -0.05) is 24.3 Å². The predicted octanol–water partition coefficient (Wildman–Crippen LogP) is 4.80. The molecular formula is C22H20N2O3S. The molecule has 6 heteroatoms. The molecule has 0 saturated carbocycles. The first-order valence-corrected chi connectivity index (χ1v) is 9.84. The third-order valence-electron chi connectivity index (χ3n) is 4.96. The number of phenolic OH excluding ortho intramolecular Hbond substituents is 1. The second-order valence-corrected chi connectivity index (χ2v) is 8.04. The number of aromatic hydroxyl groups is 1.